The minimum Gasteiger partial charge on any atom is -0.237 e. The lowest BCUT2D eigenvalue weighted by atomic mass is 10.1. The van der Waals surface area contributed by atoms with Gasteiger partial charge in [0.25, 0.3) is 0 Å². The highest BCUT2D eigenvalue weighted by Gasteiger charge is 2.34. The minimum absolute atomic E-state index is 0.420. The fourth-order valence-electron chi connectivity index (χ4n) is 2.08. The van der Waals surface area contributed by atoms with E-state index in [9.17, 15) is 13.2 Å². The van der Waals surface area contributed by atoms with Crippen molar-refractivity contribution in [1.82, 2.24) is 9.78 Å². The molecule has 3 rings (SSSR count). The van der Waals surface area contributed by atoms with Gasteiger partial charge in [0.15, 0.2) is 5.69 Å². The van der Waals surface area contributed by atoms with Crippen molar-refractivity contribution in [2.45, 2.75) is 13.1 Å². The first kappa shape index (κ1) is 12.7. The Morgan fingerprint density at radius 3 is 2.55 bits per heavy atom. The van der Waals surface area contributed by atoms with E-state index in [0.29, 0.717) is 11.4 Å². The van der Waals surface area contributed by atoms with E-state index in [1.54, 1.807) is 13.0 Å². The second-order valence-corrected chi connectivity index (χ2v) is 4.51. The lowest BCUT2D eigenvalue weighted by Gasteiger charge is -2.06. The van der Waals surface area contributed by atoms with Crippen LogP contribution in [0.15, 0.2) is 42.5 Å². The molecule has 0 saturated carbocycles. The molecule has 0 N–H and O–H groups in total. The molecule has 0 fully saturated rings. The van der Waals surface area contributed by atoms with Gasteiger partial charge in [-0.25, -0.2) is 4.68 Å². The largest absolute Gasteiger partial charge is 0.435 e. The fourth-order valence-corrected chi connectivity index (χ4v) is 2.08. The van der Waals surface area contributed by atoms with Gasteiger partial charge in [-0.2, -0.15) is 18.3 Å². The van der Waals surface area contributed by atoms with Crippen LogP contribution in [-0.2, 0) is 6.18 Å². The van der Waals surface area contributed by atoms with Crippen molar-refractivity contribution < 1.29 is 13.2 Å². The van der Waals surface area contributed by atoms with E-state index in [-0.39, 0.29) is 0 Å². The summed E-state index contributed by atoms with van der Waals surface area (Å²) in [5.74, 6) is 0. The van der Waals surface area contributed by atoms with Crippen LogP contribution in [0.1, 0.15) is 11.4 Å². The number of halogens is 3. The summed E-state index contributed by atoms with van der Waals surface area (Å²) in [5.41, 5.74) is 0.0251. The Bertz CT molecular complexity index is 772. The topological polar surface area (TPSA) is 17.8 Å². The van der Waals surface area contributed by atoms with Gasteiger partial charge in [0, 0.05) is 11.8 Å². The third-order valence-corrected chi connectivity index (χ3v) is 3.05. The van der Waals surface area contributed by atoms with E-state index in [1.165, 1.54) is 4.68 Å². The summed E-state index contributed by atoms with van der Waals surface area (Å²) in [6.07, 6.45) is -4.44. The maximum atomic E-state index is 12.7. The van der Waals surface area contributed by atoms with Gasteiger partial charge in [-0.15, -0.1) is 0 Å². The van der Waals surface area contributed by atoms with E-state index < -0.39 is 11.9 Å². The Morgan fingerprint density at radius 1 is 1.10 bits per heavy atom. The third-order valence-electron chi connectivity index (χ3n) is 3.05. The van der Waals surface area contributed by atoms with Crippen LogP contribution in [-0.4, -0.2) is 9.78 Å². The summed E-state index contributed by atoms with van der Waals surface area (Å²) in [4.78, 5) is 0. The highest BCUT2D eigenvalue weighted by molar-refractivity contribution is 5.83. The molecule has 0 amide bonds. The zero-order chi connectivity index (χ0) is 14.3. The first-order chi connectivity index (χ1) is 9.45. The molecule has 101 valence electrons. The predicted molar refractivity (Wildman–Crippen MR) is 69.6 cm³/mol. The van der Waals surface area contributed by atoms with Crippen molar-refractivity contribution in [1.29, 1.82) is 0 Å². The number of nitrogens with zero attached hydrogens (tertiary/aromatic N) is 2. The van der Waals surface area contributed by atoms with Gasteiger partial charge in [-0.3, -0.25) is 0 Å². The van der Waals surface area contributed by atoms with Crippen molar-refractivity contribution in [2.24, 2.45) is 0 Å². The number of hydrogen-bond donors (Lipinski definition) is 0. The molecule has 1 aromatic heterocycles. The van der Waals surface area contributed by atoms with Gasteiger partial charge in [-0.1, -0.05) is 30.3 Å². The van der Waals surface area contributed by atoms with E-state index >= 15 is 0 Å². The summed E-state index contributed by atoms with van der Waals surface area (Å²) in [6, 6.07) is 15.2. The molecule has 3 aromatic rings. The Hall–Kier alpha value is -2.30. The highest BCUT2D eigenvalue weighted by Crippen LogP contribution is 2.29. The standard InChI is InChI=1S/C15H10F3N2/c1-10-8-14(15(16,17)18)19-20(10)13-7-6-11-4-2-3-5-12(11)9-13/h2-8H,1H3. The van der Waals surface area contributed by atoms with Gasteiger partial charge < -0.3 is 0 Å². The van der Waals surface area contributed by atoms with Crippen molar-refractivity contribution in [3.8, 4) is 5.69 Å². The van der Waals surface area contributed by atoms with E-state index in [1.807, 2.05) is 30.3 Å². The summed E-state index contributed by atoms with van der Waals surface area (Å²) >= 11 is 0. The van der Waals surface area contributed by atoms with Crippen molar-refractivity contribution in [3.05, 3.63) is 59.9 Å². The molecule has 0 aliphatic rings. The molecular formula is C15H10F3N2. The van der Waals surface area contributed by atoms with Gasteiger partial charge >= 0.3 is 6.18 Å². The second-order valence-electron chi connectivity index (χ2n) is 4.51. The molecule has 0 bridgehead atoms. The van der Waals surface area contributed by atoms with Crippen molar-refractivity contribution >= 4 is 10.8 Å². The quantitative estimate of drug-likeness (QED) is 0.652. The maximum Gasteiger partial charge on any atom is 0.435 e. The van der Waals surface area contributed by atoms with Crippen LogP contribution in [0.2, 0.25) is 0 Å². The molecule has 5 heteroatoms. The molecule has 0 aliphatic carbocycles. The first-order valence-corrected chi connectivity index (χ1v) is 6.00. The van der Waals surface area contributed by atoms with Gasteiger partial charge in [0.2, 0.25) is 0 Å². The lowest BCUT2D eigenvalue weighted by Crippen LogP contribution is -2.07. The zero-order valence-electron chi connectivity index (χ0n) is 10.6. The first-order valence-electron chi connectivity index (χ1n) is 6.00. The summed E-state index contributed by atoms with van der Waals surface area (Å²) < 4.78 is 39.3. The zero-order valence-corrected chi connectivity index (χ0v) is 10.6. The maximum absolute atomic E-state index is 12.7. The lowest BCUT2D eigenvalue weighted by molar-refractivity contribution is -0.141. The third kappa shape index (κ3) is 2.15. The highest BCUT2D eigenvalue weighted by atomic mass is 19.4. The van der Waals surface area contributed by atoms with Crippen LogP contribution < -0.4 is 0 Å². The number of aromatic nitrogens is 2. The summed E-state index contributed by atoms with van der Waals surface area (Å²) in [7, 11) is 0. The average Bonchev–Trinajstić information content (AvgIpc) is 2.80. The number of fused-ring (bicyclic) bond motifs is 1. The van der Waals surface area contributed by atoms with Crippen LogP contribution in [0.5, 0.6) is 0 Å². The Kier molecular flexibility index (Phi) is 2.78. The fraction of sp³-hybridized carbons (Fsp3) is 0.133. The van der Waals surface area contributed by atoms with Crippen LogP contribution in [0.4, 0.5) is 13.2 Å². The molecule has 20 heavy (non-hydrogen) atoms. The van der Waals surface area contributed by atoms with Gasteiger partial charge in [-0.05, 0) is 29.8 Å². The number of hydrogen-bond acceptors (Lipinski definition) is 1. The van der Waals surface area contributed by atoms with E-state index in [0.717, 1.165) is 16.8 Å². The minimum atomic E-state index is -4.44. The van der Waals surface area contributed by atoms with E-state index in [4.69, 9.17) is 0 Å². The number of rotatable bonds is 1. The molecule has 0 unspecified atom stereocenters. The molecule has 0 spiro atoms. The molecular weight excluding hydrogens is 265 g/mol. The summed E-state index contributed by atoms with van der Waals surface area (Å²) in [5, 5.41) is 5.44. The van der Waals surface area contributed by atoms with Crippen LogP contribution in [0, 0.1) is 13.0 Å². The molecule has 1 radical (unpaired) electrons. The van der Waals surface area contributed by atoms with Crippen molar-refractivity contribution in [3.63, 3.8) is 0 Å². The summed E-state index contributed by atoms with van der Waals surface area (Å²) in [6.45, 7) is 1.59. The predicted octanol–water partition coefficient (Wildman–Crippen LogP) is 4.15. The number of aryl methyl sites for hydroxylation is 1. The van der Waals surface area contributed by atoms with Gasteiger partial charge in [0.1, 0.15) is 0 Å². The molecule has 0 atom stereocenters. The van der Waals surface area contributed by atoms with Crippen LogP contribution >= 0.6 is 0 Å². The molecule has 1 heterocycles. The van der Waals surface area contributed by atoms with Crippen LogP contribution in [0.25, 0.3) is 16.5 Å². The molecule has 0 saturated heterocycles. The van der Waals surface area contributed by atoms with E-state index in [2.05, 4.69) is 11.2 Å². The number of benzene rings is 2. The van der Waals surface area contributed by atoms with Crippen molar-refractivity contribution in [2.75, 3.05) is 0 Å². The number of alkyl halides is 3. The SMILES string of the molecule is Cc1cc(C(F)(F)F)nn1-c1[c]c2ccccc2cc1. The normalized spacial score (nSPS) is 12.0. The average molecular weight is 275 g/mol. The van der Waals surface area contributed by atoms with Gasteiger partial charge in [0.05, 0.1) is 5.69 Å². The Labute approximate surface area is 113 Å². The second kappa shape index (κ2) is 4.37. The molecule has 2 aromatic carbocycles. The molecule has 0 aliphatic heterocycles. The Balaban J connectivity index is 2.13. The Morgan fingerprint density at radius 2 is 1.85 bits per heavy atom. The molecule has 2 nitrogen and oxygen atoms in total. The smallest absolute Gasteiger partial charge is 0.237 e. The van der Waals surface area contributed by atoms with Crippen LogP contribution in [0.3, 0.4) is 0 Å². The monoisotopic (exact) mass is 275 g/mol.